The van der Waals surface area contributed by atoms with Crippen molar-refractivity contribution in [3.8, 4) is 0 Å². The smallest absolute Gasteiger partial charge is 0.237 e. The first kappa shape index (κ1) is 11.2. The number of aliphatic hydroxyl groups is 1. The van der Waals surface area contributed by atoms with E-state index in [1.54, 1.807) is 6.08 Å². The number of rotatable bonds is 6. The molecular weight excluding hydrogens is 180 g/mol. The van der Waals surface area contributed by atoms with E-state index in [0.717, 1.165) is 12.8 Å². The summed E-state index contributed by atoms with van der Waals surface area (Å²) in [5.41, 5.74) is 5.54. The molecule has 0 aromatic rings. The molecular formula is C10H18N2O2. The fourth-order valence-corrected chi connectivity index (χ4v) is 1.27. The molecule has 0 aromatic carbocycles. The van der Waals surface area contributed by atoms with Crippen molar-refractivity contribution in [1.82, 2.24) is 5.32 Å². The summed E-state index contributed by atoms with van der Waals surface area (Å²) in [6, 6.07) is -0.543. The average molecular weight is 198 g/mol. The number of nitrogens with one attached hydrogen (secondary N) is 1. The molecule has 0 aromatic heterocycles. The predicted molar refractivity (Wildman–Crippen MR) is 54.5 cm³/mol. The number of aliphatic hydroxyl groups excluding tert-OH is 1. The minimum atomic E-state index is -0.543. The highest BCUT2D eigenvalue weighted by Gasteiger charge is 2.29. The number of hydrogen-bond acceptors (Lipinski definition) is 3. The van der Waals surface area contributed by atoms with Gasteiger partial charge in [0.15, 0.2) is 0 Å². The summed E-state index contributed by atoms with van der Waals surface area (Å²) in [5, 5.41) is 12.1. The lowest BCUT2D eigenvalue weighted by atomic mass is 10.2. The van der Waals surface area contributed by atoms with Gasteiger partial charge in [0.25, 0.3) is 0 Å². The summed E-state index contributed by atoms with van der Waals surface area (Å²) in [6.45, 7) is 3.82. The summed E-state index contributed by atoms with van der Waals surface area (Å²) in [6.07, 6.45) is 3.80. The van der Waals surface area contributed by atoms with E-state index in [1.165, 1.54) is 0 Å². The van der Waals surface area contributed by atoms with Gasteiger partial charge in [-0.3, -0.25) is 4.79 Å². The fraction of sp³-hybridized carbons (Fsp3) is 0.700. The van der Waals surface area contributed by atoms with Crippen LogP contribution in [0.1, 0.15) is 19.3 Å². The SMILES string of the molecule is C=CCC(N)C(=O)NCC(O)C1CC1. The zero-order chi connectivity index (χ0) is 10.6. The Morgan fingerprint density at radius 2 is 2.36 bits per heavy atom. The van der Waals surface area contributed by atoms with Crippen LogP contribution >= 0.6 is 0 Å². The van der Waals surface area contributed by atoms with E-state index >= 15 is 0 Å². The first-order valence-corrected chi connectivity index (χ1v) is 4.97. The molecule has 0 bridgehead atoms. The highest BCUT2D eigenvalue weighted by Crippen LogP contribution is 2.32. The first-order valence-electron chi connectivity index (χ1n) is 4.97. The highest BCUT2D eigenvalue weighted by atomic mass is 16.3. The zero-order valence-electron chi connectivity index (χ0n) is 8.28. The molecule has 0 spiro atoms. The zero-order valence-corrected chi connectivity index (χ0v) is 8.28. The molecule has 1 aliphatic rings. The molecule has 4 nitrogen and oxygen atoms in total. The second-order valence-corrected chi connectivity index (χ2v) is 3.78. The van der Waals surface area contributed by atoms with Crippen LogP contribution in [0.15, 0.2) is 12.7 Å². The van der Waals surface area contributed by atoms with Gasteiger partial charge in [-0.15, -0.1) is 6.58 Å². The summed E-state index contributed by atoms with van der Waals surface area (Å²) >= 11 is 0. The average Bonchev–Trinajstić information content (AvgIpc) is 2.97. The van der Waals surface area contributed by atoms with E-state index < -0.39 is 12.1 Å². The van der Waals surface area contributed by atoms with Crippen molar-refractivity contribution in [2.75, 3.05) is 6.54 Å². The van der Waals surface area contributed by atoms with Crippen molar-refractivity contribution in [3.63, 3.8) is 0 Å². The third-order valence-electron chi connectivity index (χ3n) is 2.41. The summed E-state index contributed by atoms with van der Waals surface area (Å²) < 4.78 is 0. The maximum atomic E-state index is 11.3. The van der Waals surface area contributed by atoms with Crippen molar-refractivity contribution in [2.45, 2.75) is 31.4 Å². The van der Waals surface area contributed by atoms with E-state index in [-0.39, 0.29) is 5.91 Å². The van der Waals surface area contributed by atoms with E-state index in [9.17, 15) is 9.90 Å². The molecule has 80 valence electrons. The van der Waals surface area contributed by atoms with Crippen LogP contribution in [-0.4, -0.2) is 29.7 Å². The van der Waals surface area contributed by atoms with Crippen molar-refractivity contribution >= 4 is 5.91 Å². The lowest BCUT2D eigenvalue weighted by Gasteiger charge is -2.13. The van der Waals surface area contributed by atoms with Gasteiger partial charge in [0.05, 0.1) is 12.1 Å². The van der Waals surface area contributed by atoms with Gasteiger partial charge in [-0.05, 0) is 25.2 Å². The molecule has 4 N–H and O–H groups in total. The van der Waals surface area contributed by atoms with Gasteiger partial charge in [0.2, 0.25) is 5.91 Å². The van der Waals surface area contributed by atoms with Gasteiger partial charge >= 0.3 is 0 Å². The van der Waals surface area contributed by atoms with E-state index in [1.807, 2.05) is 0 Å². The Balaban J connectivity index is 2.15. The van der Waals surface area contributed by atoms with E-state index in [0.29, 0.717) is 18.9 Å². The Bertz CT molecular complexity index is 214. The highest BCUT2D eigenvalue weighted by molar-refractivity contribution is 5.81. The molecule has 0 heterocycles. The molecule has 0 aliphatic heterocycles. The Morgan fingerprint density at radius 3 is 2.86 bits per heavy atom. The lowest BCUT2D eigenvalue weighted by Crippen LogP contribution is -2.43. The number of amides is 1. The van der Waals surface area contributed by atoms with Gasteiger partial charge in [-0.25, -0.2) is 0 Å². The number of carbonyl (C=O) groups excluding carboxylic acids is 1. The molecule has 1 saturated carbocycles. The standard InChI is InChI=1S/C10H18N2O2/c1-2-3-8(11)10(14)12-6-9(13)7-4-5-7/h2,7-9,13H,1,3-6,11H2,(H,12,14). The largest absolute Gasteiger partial charge is 0.391 e. The first-order chi connectivity index (χ1) is 6.65. The van der Waals surface area contributed by atoms with Crippen LogP contribution in [0.3, 0.4) is 0 Å². The second-order valence-electron chi connectivity index (χ2n) is 3.78. The second kappa shape index (κ2) is 5.12. The molecule has 1 aliphatic carbocycles. The van der Waals surface area contributed by atoms with Crippen LogP contribution in [0, 0.1) is 5.92 Å². The van der Waals surface area contributed by atoms with Crippen LogP contribution in [0.2, 0.25) is 0 Å². The summed E-state index contributed by atoms with van der Waals surface area (Å²) in [7, 11) is 0. The monoisotopic (exact) mass is 198 g/mol. The Morgan fingerprint density at radius 1 is 1.71 bits per heavy atom. The van der Waals surface area contributed by atoms with Crippen LogP contribution in [-0.2, 0) is 4.79 Å². The van der Waals surface area contributed by atoms with Crippen LogP contribution < -0.4 is 11.1 Å². The minimum Gasteiger partial charge on any atom is -0.391 e. The maximum absolute atomic E-state index is 11.3. The Hall–Kier alpha value is -0.870. The predicted octanol–water partition coefficient (Wildman–Crippen LogP) is -0.223. The normalized spacial score (nSPS) is 19.9. The van der Waals surface area contributed by atoms with Crippen molar-refractivity contribution < 1.29 is 9.90 Å². The van der Waals surface area contributed by atoms with Gasteiger partial charge in [-0.1, -0.05) is 6.08 Å². The molecule has 14 heavy (non-hydrogen) atoms. The fourth-order valence-electron chi connectivity index (χ4n) is 1.27. The minimum absolute atomic E-state index is 0.218. The molecule has 2 atom stereocenters. The van der Waals surface area contributed by atoms with Gasteiger partial charge < -0.3 is 16.2 Å². The summed E-state index contributed by atoms with van der Waals surface area (Å²) in [5.74, 6) is 0.163. The quantitative estimate of drug-likeness (QED) is 0.516. The van der Waals surface area contributed by atoms with Gasteiger partial charge in [0, 0.05) is 6.54 Å². The molecule has 0 saturated heterocycles. The molecule has 1 amide bonds. The van der Waals surface area contributed by atoms with E-state index in [4.69, 9.17) is 5.73 Å². The van der Waals surface area contributed by atoms with Crippen molar-refractivity contribution in [2.24, 2.45) is 11.7 Å². The number of hydrogen-bond donors (Lipinski definition) is 3. The molecule has 2 unspecified atom stereocenters. The lowest BCUT2D eigenvalue weighted by molar-refractivity contribution is -0.122. The van der Waals surface area contributed by atoms with Crippen LogP contribution in [0.5, 0.6) is 0 Å². The maximum Gasteiger partial charge on any atom is 0.237 e. The van der Waals surface area contributed by atoms with Crippen molar-refractivity contribution in [1.29, 1.82) is 0 Å². The number of carbonyl (C=O) groups is 1. The molecule has 1 fully saturated rings. The summed E-state index contributed by atoms with van der Waals surface area (Å²) in [4.78, 5) is 11.3. The number of nitrogens with two attached hydrogens (primary N) is 1. The molecule has 4 heteroatoms. The Labute approximate surface area is 84.2 Å². The van der Waals surface area contributed by atoms with E-state index in [2.05, 4.69) is 11.9 Å². The molecule has 0 radical (unpaired) electrons. The van der Waals surface area contributed by atoms with Crippen LogP contribution in [0.25, 0.3) is 0 Å². The topological polar surface area (TPSA) is 75.4 Å². The molecule has 1 rings (SSSR count). The van der Waals surface area contributed by atoms with Crippen molar-refractivity contribution in [3.05, 3.63) is 12.7 Å². The third kappa shape index (κ3) is 3.47. The van der Waals surface area contributed by atoms with Gasteiger partial charge in [-0.2, -0.15) is 0 Å². The Kier molecular flexibility index (Phi) is 4.10. The van der Waals surface area contributed by atoms with Crippen LogP contribution in [0.4, 0.5) is 0 Å². The third-order valence-corrected chi connectivity index (χ3v) is 2.41. The van der Waals surface area contributed by atoms with Gasteiger partial charge in [0.1, 0.15) is 0 Å².